The average Bonchev–Trinajstić information content (AvgIpc) is 3.33. The van der Waals surface area contributed by atoms with Crippen molar-refractivity contribution in [2.24, 2.45) is 7.05 Å². The van der Waals surface area contributed by atoms with Gasteiger partial charge in [-0.25, -0.2) is 4.98 Å². The number of amides is 1. The molecule has 0 aliphatic rings. The van der Waals surface area contributed by atoms with Gasteiger partial charge in [-0.2, -0.15) is 5.10 Å². The predicted octanol–water partition coefficient (Wildman–Crippen LogP) is 3.17. The molecular weight excluding hydrogens is 392 g/mol. The molecule has 0 saturated carbocycles. The number of hydrogen-bond donors (Lipinski definition) is 2. The van der Waals surface area contributed by atoms with Crippen LogP contribution in [-0.4, -0.2) is 37.4 Å². The van der Waals surface area contributed by atoms with E-state index in [-0.39, 0.29) is 5.91 Å². The SMILES string of the molecule is Cc1cc(-c2cc(C(=O)NCCc3n[nH]c(=S)n3C)c3c(C)noc3n2)c(C)o1. The molecule has 0 radical (unpaired) electrons. The number of pyridine rings is 1. The Hall–Kier alpha value is -3.27. The van der Waals surface area contributed by atoms with Gasteiger partial charge >= 0.3 is 0 Å². The Bertz CT molecular complexity index is 1280. The third-order valence-electron chi connectivity index (χ3n) is 4.79. The molecule has 29 heavy (non-hydrogen) atoms. The predicted molar refractivity (Wildman–Crippen MR) is 108 cm³/mol. The first-order valence-electron chi connectivity index (χ1n) is 9.08. The van der Waals surface area contributed by atoms with Gasteiger partial charge in [-0.1, -0.05) is 5.16 Å². The van der Waals surface area contributed by atoms with Crippen LogP contribution in [-0.2, 0) is 13.5 Å². The Balaban J connectivity index is 1.65. The second-order valence-corrected chi connectivity index (χ2v) is 7.23. The van der Waals surface area contributed by atoms with Crippen LogP contribution in [0.4, 0.5) is 0 Å². The Morgan fingerprint density at radius 3 is 2.76 bits per heavy atom. The summed E-state index contributed by atoms with van der Waals surface area (Å²) in [6.07, 6.45) is 0.541. The van der Waals surface area contributed by atoms with Gasteiger partial charge in [0.15, 0.2) is 4.77 Å². The molecule has 0 fully saturated rings. The van der Waals surface area contributed by atoms with Crippen LogP contribution in [0.3, 0.4) is 0 Å². The lowest BCUT2D eigenvalue weighted by atomic mass is 10.1. The molecule has 0 atom stereocenters. The summed E-state index contributed by atoms with van der Waals surface area (Å²) in [6.45, 7) is 5.91. The minimum atomic E-state index is -0.236. The van der Waals surface area contributed by atoms with Gasteiger partial charge in [0.05, 0.1) is 22.3 Å². The summed E-state index contributed by atoms with van der Waals surface area (Å²) in [7, 11) is 1.83. The van der Waals surface area contributed by atoms with Crippen molar-refractivity contribution in [2.75, 3.05) is 6.54 Å². The number of carbonyl (C=O) groups is 1. The molecule has 0 bridgehead atoms. The van der Waals surface area contributed by atoms with Crippen LogP contribution in [0.15, 0.2) is 21.1 Å². The summed E-state index contributed by atoms with van der Waals surface area (Å²) >= 11 is 5.11. The van der Waals surface area contributed by atoms with E-state index in [1.165, 1.54) is 0 Å². The van der Waals surface area contributed by atoms with E-state index in [2.05, 4.69) is 25.7 Å². The monoisotopic (exact) mass is 412 g/mol. The standard InChI is InChI=1S/C19H20N6O3S/c1-9-7-12(11(3)27-9)14-8-13(16-10(2)24-28-18(16)21-14)17(26)20-6-5-15-22-23-19(29)25(15)4/h7-8H,5-6H2,1-4H3,(H,20,26)(H,23,29). The Kier molecular flexibility index (Phi) is 4.79. The molecule has 0 saturated heterocycles. The van der Waals surface area contributed by atoms with Gasteiger partial charge in [0.1, 0.15) is 17.3 Å². The van der Waals surface area contributed by atoms with Gasteiger partial charge in [0, 0.05) is 25.6 Å². The zero-order valence-electron chi connectivity index (χ0n) is 16.5. The summed E-state index contributed by atoms with van der Waals surface area (Å²) in [5, 5.41) is 14.4. The normalized spacial score (nSPS) is 11.3. The van der Waals surface area contributed by atoms with Crippen molar-refractivity contribution in [1.82, 2.24) is 30.2 Å². The third-order valence-corrected chi connectivity index (χ3v) is 5.15. The highest BCUT2D eigenvalue weighted by atomic mass is 32.1. The number of nitrogens with one attached hydrogen (secondary N) is 2. The molecule has 1 amide bonds. The van der Waals surface area contributed by atoms with Crippen LogP contribution < -0.4 is 5.32 Å². The topological polar surface area (TPSA) is 115 Å². The maximum atomic E-state index is 13.0. The zero-order chi connectivity index (χ0) is 20.7. The van der Waals surface area contributed by atoms with E-state index >= 15 is 0 Å². The van der Waals surface area contributed by atoms with Crippen LogP contribution in [0.5, 0.6) is 0 Å². The fraction of sp³-hybridized carbons (Fsp3) is 0.316. The van der Waals surface area contributed by atoms with E-state index in [1.54, 1.807) is 17.6 Å². The highest BCUT2D eigenvalue weighted by Gasteiger charge is 2.21. The molecule has 150 valence electrons. The molecule has 9 nitrogen and oxygen atoms in total. The highest BCUT2D eigenvalue weighted by Crippen LogP contribution is 2.30. The Morgan fingerprint density at radius 2 is 2.10 bits per heavy atom. The van der Waals surface area contributed by atoms with Crippen molar-refractivity contribution in [3.05, 3.63) is 45.5 Å². The first-order valence-corrected chi connectivity index (χ1v) is 9.49. The first kappa shape index (κ1) is 19.1. The number of nitrogens with zero attached hydrogens (tertiary/aromatic N) is 4. The fourth-order valence-electron chi connectivity index (χ4n) is 3.28. The van der Waals surface area contributed by atoms with Crippen LogP contribution >= 0.6 is 12.2 Å². The smallest absolute Gasteiger partial charge is 0.259 e. The van der Waals surface area contributed by atoms with Gasteiger partial charge in [-0.05, 0) is 45.1 Å². The zero-order valence-corrected chi connectivity index (χ0v) is 17.3. The lowest BCUT2D eigenvalue weighted by Gasteiger charge is -2.08. The van der Waals surface area contributed by atoms with Crippen molar-refractivity contribution in [1.29, 1.82) is 0 Å². The number of carbonyl (C=O) groups excluding carboxylic acids is 1. The van der Waals surface area contributed by atoms with E-state index in [0.29, 0.717) is 45.8 Å². The second-order valence-electron chi connectivity index (χ2n) is 6.84. The molecule has 4 aromatic heterocycles. The number of aromatic amines is 1. The fourth-order valence-corrected chi connectivity index (χ4v) is 3.43. The van der Waals surface area contributed by atoms with Crippen LogP contribution in [0.25, 0.3) is 22.4 Å². The number of H-pyrrole nitrogens is 1. The number of rotatable bonds is 5. The number of hydrogen-bond acceptors (Lipinski definition) is 7. The molecule has 4 heterocycles. The van der Waals surface area contributed by atoms with Crippen molar-refractivity contribution in [2.45, 2.75) is 27.2 Å². The number of aromatic nitrogens is 5. The molecule has 2 N–H and O–H groups in total. The molecule has 10 heteroatoms. The van der Waals surface area contributed by atoms with E-state index in [9.17, 15) is 4.79 Å². The molecule has 4 aromatic rings. The first-order chi connectivity index (χ1) is 13.8. The van der Waals surface area contributed by atoms with Gasteiger partial charge in [0.25, 0.3) is 11.6 Å². The highest BCUT2D eigenvalue weighted by molar-refractivity contribution is 7.71. The van der Waals surface area contributed by atoms with E-state index in [1.807, 2.05) is 27.0 Å². The van der Waals surface area contributed by atoms with Gasteiger partial charge in [0.2, 0.25) is 0 Å². The molecule has 0 spiro atoms. The van der Waals surface area contributed by atoms with Crippen LogP contribution in [0, 0.1) is 25.5 Å². The molecular formula is C19H20N6O3S. The van der Waals surface area contributed by atoms with Gasteiger partial charge < -0.3 is 18.8 Å². The summed E-state index contributed by atoms with van der Waals surface area (Å²) < 4.78 is 13.3. The van der Waals surface area contributed by atoms with E-state index in [0.717, 1.165) is 22.9 Å². The van der Waals surface area contributed by atoms with E-state index < -0.39 is 0 Å². The lowest BCUT2D eigenvalue weighted by Crippen LogP contribution is -2.26. The Labute approximate surface area is 171 Å². The van der Waals surface area contributed by atoms with Crippen LogP contribution in [0.2, 0.25) is 0 Å². The van der Waals surface area contributed by atoms with Gasteiger partial charge in [-0.15, -0.1) is 0 Å². The number of furan rings is 1. The van der Waals surface area contributed by atoms with Crippen LogP contribution in [0.1, 0.15) is 33.4 Å². The Morgan fingerprint density at radius 1 is 1.31 bits per heavy atom. The number of aryl methyl sites for hydroxylation is 3. The molecule has 0 unspecified atom stereocenters. The third kappa shape index (κ3) is 3.46. The molecule has 0 aliphatic carbocycles. The summed E-state index contributed by atoms with van der Waals surface area (Å²) in [5.41, 5.74) is 2.80. The molecule has 4 rings (SSSR count). The largest absolute Gasteiger partial charge is 0.466 e. The maximum Gasteiger partial charge on any atom is 0.259 e. The molecule has 0 aliphatic heterocycles. The average molecular weight is 412 g/mol. The molecule has 0 aromatic carbocycles. The summed E-state index contributed by atoms with van der Waals surface area (Å²) in [6, 6.07) is 3.63. The van der Waals surface area contributed by atoms with Crippen molar-refractivity contribution >= 4 is 29.2 Å². The van der Waals surface area contributed by atoms with Crippen molar-refractivity contribution in [3.8, 4) is 11.3 Å². The minimum absolute atomic E-state index is 0.236. The lowest BCUT2D eigenvalue weighted by molar-refractivity contribution is 0.0955. The summed E-state index contributed by atoms with van der Waals surface area (Å²) in [5.74, 6) is 2.02. The minimum Gasteiger partial charge on any atom is -0.466 e. The van der Waals surface area contributed by atoms with Crippen molar-refractivity contribution in [3.63, 3.8) is 0 Å². The quantitative estimate of drug-likeness (QED) is 0.484. The second kappa shape index (κ2) is 7.28. The number of fused-ring (bicyclic) bond motifs is 1. The maximum absolute atomic E-state index is 13.0. The van der Waals surface area contributed by atoms with E-state index in [4.69, 9.17) is 21.2 Å². The van der Waals surface area contributed by atoms with Crippen molar-refractivity contribution < 1.29 is 13.7 Å². The summed E-state index contributed by atoms with van der Waals surface area (Å²) in [4.78, 5) is 17.5. The van der Waals surface area contributed by atoms with Gasteiger partial charge in [-0.3, -0.25) is 9.89 Å².